The molecule has 0 bridgehead atoms. The number of carbonyl (C=O) groups is 2. The Hall–Kier alpha value is -3.62. The summed E-state index contributed by atoms with van der Waals surface area (Å²) in [6.45, 7) is 7.49. The van der Waals surface area contributed by atoms with Gasteiger partial charge in [0.25, 0.3) is 5.91 Å². The molecule has 0 aliphatic heterocycles. The Morgan fingerprint density at radius 1 is 1.17 bits per heavy atom. The first-order chi connectivity index (χ1) is 14.3. The Bertz CT molecular complexity index is 1000. The van der Waals surface area contributed by atoms with Crippen molar-refractivity contribution in [2.45, 2.75) is 40.3 Å². The van der Waals surface area contributed by atoms with Crippen molar-refractivity contribution in [3.05, 3.63) is 59.1 Å². The Labute approximate surface area is 174 Å². The molecule has 158 valence electrons. The number of amides is 1. The van der Waals surface area contributed by atoms with Crippen LogP contribution < -0.4 is 10.1 Å². The first-order valence-corrected chi connectivity index (χ1v) is 9.50. The van der Waals surface area contributed by atoms with E-state index >= 15 is 0 Å². The highest BCUT2D eigenvalue weighted by molar-refractivity contribution is 5.95. The van der Waals surface area contributed by atoms with Crippen LogP contribution in [0.2, 0.25) is 0 Å². The van der Waals surface area contributed by atoms with Crippen LogP contribution >= 0.6 is 0 Å². The minimum absolute atomic E-state index is 0.0937. The van der Waals surface area contributed by atoms with Crippen molar-refractivity contribution in [3.63, 3.8) is 0 Å². The van der Waals surface area contributed by atoms with Gasteiger partial charge in [-0.15, -0.1) is 0 Å². The minimum Gasteiger partial charge on any atom is -0.489 e. The summed E-state index contributed by atoms with van der Waals surface area (Å²) in [5.74, 6) is 0.810. The summed E-state index contributed by atoms with van der Waals surface area (Å²) >= 11 is 0. The Morgan fingerprint density at radius 3 is 2.53 bits per heavy atom. The van der Waals surface area contributed by atoms with Gasteiger partial charge in [0.2, 0.25) is 0 Å². The number of anilines is 1. The van der Waals surface area contributed by atoms with Gasteiger partial charge in [0.15, 0.2) is 6.61 Å². The average molecular weight is 412 g/mol. The smallest absolute Gasteiger partial charge is 0.338 e. The zero-order valence-corrected chi connectivity index (χ0v) is 17.3. The predicted molar refractivity (Wildman–Crippen MR) is 108 cm³/mol. The first-order valence-electron chi connectivity index (χ1n) is 9.50. The Kier molecular flexibility index (Phi) is 6.51. The molecular formula is C21H24N4O5. The van der Waals surface area contributed by atoms with Crippen molar-refractivity contribution in [3.8, 4) is 5.75 Å². The number of hydrogen-bond acceptors (Lipinski definition) is 7. The van der Waals surface area contributed by atoms with Crippen molar-refractivity contribution in [1.82, 2.24) is 14.9 Å². The molecule has 3 rings (SSSR count). The van der Waals surface area contributed by atoms with E-state index in [1.54, 1.807) is 41.2 Å². The number of aromatic nitrogens is 3. The van der Waals surface area contributed by atoms with Crippen LogP contribution in [0.15, 0.2) is 41.1 Å². The highest BCUT2D eigenvalue weighted by atomic mass is 16.5. The van der Waals surface area contributed by atoms with Crippen molar-refractivity contribution in [1.29, 1.82) is 0 Å². The summed E-state index contributed by atoms with van der Waals surface area (Å²) in [6, 6.07) is 8.26. The van der Waals surface area contributed by atoms with Crippen LogP contribution in [0, 0.1) is 13.8 Å². The molecule has 0 saturated carbocycles. The molecule has 0 unspecified atom stereocenters. The summed E-state index contributed by atoms with van der Waals surface area (Å²) in [5.41, 5.74) is 1.99. The maximum atomic E-state index is 12.2. The third-order valence-corrected chi connectivity index (χ3v) is 4.42. The third kappa shape index (κ3) is 5.05. The van der Waals surface area contributed by atoms with Crippen LogP contribution in [0.1, 0.15) is 47.3 Å². The average Bonchev–Trinajstić information content (AvgIpc) is 3.31. The van der Waals surface area contributed by atoms with Crippen molar-refractivity contribution >= 4 is 17.7 Å². The van der Waals surface area contributed by atoms with Gasteiger partial charge in [-0.2, -0.15) is 5.10 Å². The summed E-state index contributed by atoms with van der Waals surface area (Å²) in [5, 5.41) is 10.7. The van der Waals surface area contributed by atoms with Crippen LogP contribution in [0.4, 0.5) is 5.82 Å². The van der Waals surface area contributed by atoms with E-state index in [1.807, 2.05) is 27.7 Å². The zero-order chi connectivity index (χ0) is 21.7. The van der Waals surface area contributed by atoms with Crippen LogP contribution in [-0.2, 0) is 16.1 Å². The van der Waals surface area contributed by atoms with E-state index in [-0.39, 0.29) is 6.04 Å². The van der Waals surface area contributed by atoms with Crippen molar-refractivity contribution in [2.75, 3.05) is 11.9 Å². The van der Waals surface area contributed by atoms with Gasteiger partial charge in [-0.1, -0.05) is 5.16 Å². The molecule has 1 N–H and O–H groups in total. The molecule has 9 heteroatoms. The highest BCUT2D eigenvalue weighted by Crippen LogP contribution is 2.18. The van der Waals surface area contributed by atoms with Crippen molar-refractivity contribution in [2.24, 2.45) is 0 Å². The van der Waals surface area contributed by atoms with Crippen LogP contribution in [0.5, 0.6) is 5.75 Å². The number of hydrogen-bond donors (Lipinski definition) is 1. The maximum Gasteiger partial charge on any atom is 0.338 e. The number of rotatable bonds is 8. The summed E-state index contributed by atoms with van der Waals surface area (Å²) in [7, 11) is 0. The molecule has 0 spiro atoms. The molecule has 0 atom stereocenters. The van der Waals surface area contributed by atoms with E-state index in [0.29, 0.717) is 29.5 Å². The third-order valence-electron chi connectivity index (χ3n) is 4.42. The fourth-order valence-electron chi connectivity index (χ4n) is 2.77. The van der Waals surface area contributed by atoms with Gasteiger partial charge in [0.1, 0.15) is 23.9 Å². The van der Waals surface area contributed by atoms with Gasteiger partial charge in [-0.3, -0.25) is 4.79 Å². The summed E-state index contributed by atoms with van der Waals surface area (Å²) in [6.07, 6.45) is 1.59. The standard InChI is InChI=1S/C21H24N4O5/c1-13(2)25-19(9-10-22-25)23-20(26)12-29-21(27)16-5-7-17(8-6-16)28-11-18-14(3)24-30-15(18)4/h5-10,13H,11-12H2,1-4H3,(H,23,26). The van der Waals surface area contributed by atoms with Gasteiger partial charge in [-0.25, -0.2) is 9.48 Å². The van der Waals surface area contributed by atoms with Gasteiger partial charge in [-0.05, 0) is 52.0 Å². The zero-order valence-electron chi connectivity index (χ0n) is 17.3. The molecule has 1 amide bonds. The number of aryl methyl sites for hydroxylation is 2. The molecule has 3 aromatic rings. The highest BCUT2D eigenvalue weighted by Gasteiger charge is 2.14. The normalized spacial score (nSPS) is 10.8. The molecule has 0 radical (unpaired) electrons. The molecule has 30 heavy (non-hydrogen) atoms. The molecule has 9 nitrogen and oxygen atoms in total. The van der Waals surface area contributed by atoms with E-state index in [0.717, 1.165) is 11.3 Å². The Balaban J connectivity index is 1.49. The molecular weight excluding hydrogens is 388 g/mol. The molecule has 1 aromatic carbocycles. The molecule has 0 aliphatic rings. The lowest BCUT2D eigenvalue weighted by atomic mass is 10.2. The summed E-state index contributed by atoms with van der Waals surface area (Å²) < 4.78 is 17.6. The lowest BCUT2D eigenvalue weighted by Crippen LogP contribution is -2.23. The number of carbonyl (C=O) groups excluding carboxylic acids is 2. The minimum atomic E-state index is -0.597. The SMILES string of the molecule is Cc1noc(C)c1COc1ccc(C(=O)OCC(=O)Nc2ccnn2C(C)C)cc1. The van der Waals surface area contributed by atoms with Gasteiger partial charge in [0, 0.05) is 12.1 Å². The second-order valence-corrected chi connectivity index (χ2v) is 6.99. The lowest BCUT2D eigenvalue weighted by Gasteiger charge is -2.12. The monoisotopic (exact) mass is 412 g/mol. The van der Waals surface area contributed by atoms with Crippen LogP contribution in [0.25, 0.3) is 0 Å². The molecule has 2 aromatic heterocycles. The molecule has 0 fully saturated rings. The quantitative estimate of drug-likeness (QED) is 0.565. The van der Waals surface area contributed by atoms with Crippen LogP contribution in [0.3, 0.4) is 0 Å². The first kappa shape index (κ1) is 21.1. The number of nitrogens with zero attached hydrogens (tertiary/aromatic N) is 3. The lowest BCUT2D eigenvalue weighted by molar-refractivity contribution is -0.119. The van der Waals surface area contributed by atoms with E-state index in [1.165, 1.54) is 0 Å². The molecule has 0 saturated heterocycles. The van der Waals surface area contributed by atoms with E-state index in [4.69, 9.17) is 14.0 Å². The van der Waals surface area contributed by atoms with Gasteiger partial charge >= 0.3 is 5.97 Å². The molecule has 2 heterocycles. The number of nitrogens with one attached hydrogen (secondary N) is 1. The number of benzene rings is 1. The largest absolute Gasteiger partial charge is 0.489 e. The van der Waals surface area contributed by atoms with E-state index < -0.39 is 18.5 Å². The predicted octanol–water partition coefficient (Wildman–Crippen LogP) is 3.44. The van der Waals surface area contributed by atoms with Gasteiger partial charge < -0.3 is 19.3 Å². The van der Waals surface area contributed by atoms with E-state index in [2.05, 4.69) is 15.6 Å². The Morgan fingerprint density at radius 2 is 1.90 bits per heavy atom. The van der Waals surface area contributed by atoms with Gasteiger partial charge in [0.05, 0.1) is 23.0 Å². The fourth-order valence-corrected chi connectivity index (χ4v) is 2.77. The fraction of sp³-hybridized carbons (Fsp3) is 0.333. The second-order valence-electron chi connectivity index (χ2n) is 6.99. The maximum absolute atomic E-state index is 12.2. The van der Waals surface area contributed by atoms with E-state index in [9.17, 15) is 9.59 Å². The number of ether oxygens (including phenoxy) is 2. The van der Waals surface area contributed by atoms with Crippen LogP contribution in [-0.4, -0.2) is 33.4 Å². The summed E-state index contributed by atoms with van der Waals surface area (Å²) in [4.78, 5) is 24.3. The second kappa shape index (κ2) is 9.25. The van der Waals surface area contributed by atoms with Crippen molar-refractivity contribution < 1.29 is 23.6 Å². The topological polar surface area (TPSA) is 108 Å². The molecule has 0 aliphatic carbocycles. The number of esters is 1.